The number of carboxylic acid groups (broad SMARTS) is 1. The lowest BCUT2D eigenvalue weighted by Crippen LogP contribution is -2.30. The van der Waals surface area contributed by atoms with Gasteiger partial charge in [0, 0.05) is 6.54 Å². The Morgan fingerprint density at radius 3 is 2.69 bits per heavy atom. The highest BCUT2D eigenvalue weighted by atomic mass is 16.8. The minimum atomic E-state index is -1.01. The van der Waals surface area contributed by atoms with E-state index in [1.807, 2.05) is 36.4 Å². The molecule has 0 spiro atoms. The molecule has 0 saturated carbocycles. The number of aliphatic carboxylic acids is 1. The maximum atomic E-state index is 12.0. The van der Waals surface area contributed by atoms with Crippen molar-refractivity contribution in [2.24, 2.45) is 0 Å². The van der Waals surface area contributed by atoms with Gasteiger partial charge in [0.15, 0.2) is 29.5 Å². The van der Waals surface area contributed by atoms with Gasteiger partial charge in [0.25, 0.3) is 0 Å². The van der Waals surface area contributed by atoms with Crippen molar-refractivity contribution in [1.82, 2.24) is 24.8 Å². The van der Waals surface area contributed by atoms with Crippen LogP contribution in [0.1, 0.15) is 25.1 Å². The zero-order valence-corrected chi connectivity index (χ0v) is 18.8. The summed E-state index contributed by atoms with van der Waals surface area (Å²) < 4.78 is 19.9. The van der Waals surface area contributed by atoms with Crippen molar-refractivity contribution in [2.45, 2.75) is 44.2 Å². The molecule has 4 heterocycles. The summed E-state index contributed by atoms with van der Waals surface area (Å²) in [6.45, 7) is 2.26. The number of imidazole rings is 1. The Kier molecular flexibility index (Phi) is 6.40. The smallest absolute Gasteiger partial charge is 0.320 e. The highest BCUT2D eigenvalue weighted by Gasteiger charge is 2.53. The van der Waals surface area contributed by atoms with Gasteiger partial charge in [-0.25, -0.2) is 19.7 Å². The van der Waals surface area contributed by atoms with Crippen LogP contribution in [-0.4, -0.2) is 67.8 Å². The third kappa shape index (κ3) is 4.71. The van der Waals surface area contributed by atoms with E-state index in [0.29, 0.717) is 17.7 Å². The Labute approximate surface area is 199 Å². The fraction of sp³-hybridized carbons (Fsp3) is 0.348. The average molecular weight is 480 g/mol. The summed E-state index contributed by atoms with van der Waals surface area (Å²) in [7, 11) is 0. The number of amides is 2. The molecule has 2 aliphatic heterocycles. The summed E-state index contributed by atoms with van der Waals surface area (Å²) in [6.07, 6.45) is 2.88. The monoisotopic (exact) mass is 480 g/mol. The van der Waals surface area contributed by atoms with Gasteiger partial charge in [0.05, 0.1) is 18.9 Å². The first-order valence-corrected chi connectivity index (χ1v) is 11.2. The summed E-state index contributed by atoms with van der Waals surface area (Å²) >= 11 is 0. The van der Waals surface area contributed by atoms with Gasteiger partial charge < -0.3 is 24.6 Å². The molecule has 12 nitrogen and oxygen atoms in total. The van der Waals surface area contributed by atoms with Gasteiger partial charge >= 0.3 is 12.0 Å². The van der Waals surface area contributed by atoms with Crippen LogP contribution in [0.15, 0.2) is 49.1 Å². The molecule has 5 unspecified atom stereocenters. The third-order valence-electron chi connectivity index (χ3n) is 5.69. The normalized spacial score (nSPS) is 25.7. The number of nitrogens with one attached hydrogen (secondary N) is 2. The Morgan fingerprint density at radius 1 is 1.11 bits per heavy atom. The van der Waals surface area contributed by atoms with Crippen molar-refractivity contribution in [3.8, 4) is 0 Å². The molecule has 35 heavy (non-hydrogen) atoms. The number of carbonyl (C=O) groups excluding carboxylic acids is 1. The van der Waals surface area contributed by atoms with Gasteiger partial charge in [0.2, 0.25) is 0 Å². The Hall–Kier alpha value is -3.87. The number of hydrogen-bond acceptors (Lipinski definition) is 8. The van der Waals surface area contributed by atoms with E-state index < -0.39 is 42.8 Å². The molecule has 5 atom stereocenters. The third-order valence-corrected chi connectivity index (χ3v) is 5.69. The molecule has 2 fully saturated rings. The number of aromatic nitrogens is 4. The summed E-state index contributed by atoms with van der Waals surface area (Å²) in [5.74, 6) is -0.767. The molecule has 1 aromatic carbocycles. The zero-order chi connectivity index (χ0) is 24.4. The largest absolute Gasteiger partial charge is 0.481 e. The first kappa shape index (κ1) is 22.9. The van der Waals surface area contributed by atoms with E-state index in [0.717, 1.165) is 5.56 Å². The number of anilines is 1. The van der Waals surface area contributed by atoms with Gasteiger partial charge in [-0.3, -0.25) is 14.7 Å². The lowest BCUT2D eigenvalue weighted by Gasteiger charge is -2.19. The quantitative estimate of drug-likeness (QED) is 0.462. The summed E-state index contributed by atoms with van der Waals surface area (Å²) in [5, 5.41) is 14.7. The number of hydrogen-bond donors (Lipinski definition) is 3. The first-order valence-electron chi connectivity index (χ1n) is 11.2. The van der Waals surface area contributed by atoms with Gasteiger partial charge in [-0.15, -0.1) is 0 Å². The Bertz CT molecular complexity index is 1250. The molecule has 2 aliphatic rings. The minimum Gasteiger partial charge on any atom is -0.481 e. The van der Waals surface area contributed by atoms with Crippen molar-refractivity contribution in [3.63, 3.8) is 0 Å². The fourth-order valence-corrected chi connectivity index (χ4v) is 4.21. The van der Waals surface area contributed by atoms with Crippen LogP contribution in [0.4, 0.5) is 10.6 Å². The summed E-state index contributed by atoms with van der Waals surface area (Å²) in [6, 6.07) is 9.28. The predicted octanol–water partition coefficient (Wildman–Crippen LogP) is 2.16. The zero-order valence-electron chi connectivity index (χ0n) is 18.8. The van der Waals surface area contributed by atoms with Crippen molar-refractivity contribution < 1.29 is 28.9 Å². The van der Waals surface area contributed by atoms with Crippen LogP contribution in [0.25, 0.3) is 17.2 Å². The molecule has 5 rings (SSSR count). The highest BCUT2D eigenvalue weighted by molar-refractivity contribution is 5.95. The van der Waals surface area contributed by atoms with Gasteiger partial charge in [-0.05, 0) is 18.6 Å². The number of fused-ring (bicyclic) bond motifs is 2. The fourth-order valence-electron chi connectivity index (χ4n) is 4.21. The SMILES string of the molecule is CCNC(=O)Nc1ncnc2c1ncn2C1OC(CC(=O)O)C2OC(/C=C/c3ccccc3)OC21. The van der Waals surface area contributed by atoms with Crippen molar-refractivity contribution in [1.29, 1.82) is 0 Å². The predicted molar refractivity (Wildman–Crippen MR) is 123 cm³/mol. The second-order valence-corrected chi connectivity index (χ2v) is 8.03. The number of urea groups is 1. The number of carboxylic acids is 1. The lowest BCUT2D eigenvalue weighted by atomic mass is 10.1. The Morgan fingerprint density at radius 2 is 1.91 bits per heavy atom. The lowest BCUT2D eigenvalue weighted by molar-refractivity contribution is -0.149. The second-order valence-electron chi connectivity index (χ2n) is 8.03. The van der Waals surface area contributed by atoms with Gasteiger partial charge in [-0.1, -0.05) is 36.4 Å². The topological polar surface area (TPSA) is 150 Å². The van der Waals surface area contributed by atoms with E-state index in [-0.39, 0.29) is 12.2 Å². The van der Waals surface area contributed by atoms with Crippen molar-refractivity contribution in [2.75, 3.05) is 11.9 Å². The molecule has 0 aliphatic carbocycles. The molecule has 2 amide bonds. The highest BCUT2D eigenvalue weighted by Crippen LogP contribution is 2.42. The van der Waals surface area contributed by atoms with Crippen LogP contribution in [0.2, 0.25) is 0 Å². The van der Waals surface area contributed by atoms with Crippen LogP contribution in [0.5, 0.6) is 0 Å². The molecule has 2 saturated heterocycles. The van der Waals surface area contributed by atoms with E-state index in [4.69, 9.17) is 14.2 Å². The van der Waals surface area contributed by atoms with E-state index in [1.165, 1.54) is 12.7 Å². The van der Waals surface area contributed by atoms with E-state index in [1.54, 1.807) is 17.6 Å². The van der Waals surface area contributed by atoms with E-state index >= 15 is 0 Å². The number of nitrogens with zero attached hydrogens (tertiary/aromatic N) is 4. The maximum absolute atomic E-state index is 12.0. The minimum absolute atomic E-state index is 0.239. The molecule has 3 N–H and O–H groups in total. The Balaban J connectivity index is 1.41. The first-order chi connectivity index (χ1) is 17.0. The second kappa shape index (κ2) is 9.78. The van der Waals surface area contributed by atoms with Crippen LogP contribution in [0, 0.1) is 0 Å². The number of benzene rings is 1. The van der Waals surface area contributed by atoms with Gasteiger partial charge in [-0.2, -0.15) is 0 Å². The van der Waals surface area contributed by atoms with Gasteiger partial charge in [0.1, 0.15) is 18.5 Å². The molecule has 3 aromatic rings. The van der Waals surface area contributed by atoms with E-state index in [2.05, 4.69) is 25.6 Å². The van der Waals surface area contributed by atoms with Crippen molar-refractivity contribution >= 4 is 35.1 Å². The van der Waals surface area contributed by atoms with Crippen LogP contribution < -0.4 is 10.6 Å². The van der Waals surface area contributed by atoms with Crippen LogP contribution in [-0.2, 0) is 19.0 Å². The standard InChI is InChI=1S/C23H24N6O6/c1-2-24-23(32)28-20-17-21(26-11-25-20)29(12-27-17)22-19-18(14(33-22)10-15(30)31)34-16(35-19)9-8-13-6-4-3-5-7-13/h3-9,11-12,14,16,18-19,22H,2,10H2,1H3,(H,30,31)(H2,24,25,26,28,32)/b9-8+. The average Bonchev–Trinajstić information content (AvgIpc) is 3.53. The molecule has 0 radical (unpaired) electrons. The van der Waals surface area contributed by atoms with E-state index in [9.17, 15) is 14.7 Å². The molecule has 0 bridgehead atoms. The molecule has 182 valence electrons. The summed E-state index contributed by atoms with van der Waals surface area (Å²) in [4.78, 5) is 36.2. The number of carbonyl (C=O) groups is 2. The maximum Gasteiger partial charge on any atom is 0.320 e. The molecular weight excluding hydrogens is 456 g/mol. The number of ether oxygens (including phenoxy) is 3. The molecule has 2 aromatic heterocycles. The summed E-state index contributed by atoms with van der Waals surface area (Å²) in [5.41, 5.74) is 1.74. The molecular formula is C23H24N6O6. The molecule has 12 heteroatoms. The van der Waals surface area contributed by atoms with Crippen molar-refractivity contribution in [3.05, 3.63) is 54.6 Å². The number of rotatable bonds is 7. The van der Waals surface area contributed by atoms with Crippen LogP contribution >= 0.6 is 0 Å². The van der Waals surface area contributed by atoms with Crippen LogP contribution in [0.3, 0.4) is 0 Å².